The van der Waals surface area contributed by atoms with Gasteiger partial charge < -0.3 is 5.32 Å². The normalized spacial score (nSPS) is 12.2. The summed E-state index contributed by atoms with van der Waals surface area (Å²) in [6, 6.07) is 16.7. The fourth-order valence-corrected chi connectivity index (χ4v) is 3.32. The van der Waals surface area contributed by atoms with Crippen LogP contribution in [0.4, 0.5) is 0 Å². The molecule has 146 valence electrons. The Morgan fingerprint density at radius 2 is 1.75 bits per heavy atom. The van der Waals surface area contributed by atoms with Crippen LogP contribution in [0.25, 0.3) is 16.8 Å². The van der Waals surface area contributed by atoms with Crippen LogP contribution in [0.5, 0.6) is 0 Å². The van der Waals surface area contributed by atoms with E-state index in [4.69, 9.17) is 0 Å². The second-order valence-electron chi connectivity index (χ2n) is 7.86. The third-order valence-electron chi connectivity index (χ3n) is 5.03. The lowest BCUT2D eigenvalue weighted by Gasteiger charge is -2.16. The summed E-state index contributed by atoms with van der Waals surface area (Å²) in [5, 5.41) is 3.09. The number of carbonyl (C=O) groups is 1. The average Bonchev–Trinajstić information content (AvgIpc) is 3.17. The zero-order chi connectivity index (χ0) is 20.1. The SMILES string of the molecule is Cc1ccccc1-c1ccc(-n2cncc2C(=O)N[C@@H](C)CCC(C)C)cc1. The predicted octanol–water partition coefficient (Wildman–Crippen LogP) is 5.40. The Bertz CT molecular complexity index is 925. The van der Waals surface area contributed by atoms with Gasteiger partial charge in [-0.25, -0.2) is 4.98 Å². The number of nitrogens with one attached hydrogen (secondary N) is 1. The van der Waals surface area contributed by atoms with Gasteiger partial charge in [-0.05, 0) is 61.4 Å². The number of aryl methyl sites for hydroxylation is 1. The summed E-state index contributed by atoms with van der Waals surface area (Å²) in [5.74, 6) is 0.549. The van der Waals surface area contributed by atoms with Gasteiger partial charge in [0.25, 0.3) is 5.91 Å². The van der Waals surface area contributed by atoms with Gasteiger partial charge in [0.2, 0.25) is 0 Å². The van der Waals surface area contributed by atoms with Gasteiger partial charge in [0, 0.05) is 11.7 Å². The molecule has 1 N–H and O–H groups in total. The molecule has 0 spiro atoms. The van der Waals surface area contributed by atoms with Crippen LogP contribution in [-0.2, 0) is 0 Å². The molecule has 1 heterocycles. The fraction of sp³-hybridized carbons (Fsp3) is 0.333. The molecule has 2 aromatic carbocycles. The largest absolute Gasteiger partial charge is 0.348 e. The molecule has 1 atom stereocenters. The van der Waals surface area contributed by atoms with Crippen molar-refractivity contribution in [2.45, 2.75) is 46.6 Å². The van der Waals surface area contributed by atoms with Gasteiger partial charge in [-0.15, -0.1) is 0 Å². The molecule has 28 heavy (non-hydrogen) atoms. The Morgan fingerprint density at radius 1 is 1.04 bits per heavy atom. The molecule has 0 unspecified atom stereocenters. The van der Waals surface area contributed by atoms with Gasteiger partial charge in [-0.3, -0.25) is 9.36 Å². The van der Waals surface area contributed by atoms with Gasteiger partial charge in [0.15, 0.2) is 0 Å². The van der Waals surface area contributed by atoms with Gasteiger partial charge in [-0.2, -0.15) is 0 Å². The van der Waals surface area contributed by atoms with Crippen molar-refractivity contribution in [1.82, 2.24) is 14.9 Å². The molecular formula is C24H29N3O. The van der Waals surface area contributed by atoms with Crippen LogP contribution in [0.1, 0.15) is 49.7 Å². The van der Waals surface area contributed by atoms with Crippen LogP contribution in [0.3, 0.4) is 0 Å². The topological polar surface area (TPSA) is 46.9 Å². The van der Waals surface area contributed by atoms with Crippen LogP contribution < -0.4 is 5.32 Å². The summed E-state index contributed by atoms with van der Waals surface area (Å²) in [4.78, 5) is 16.9. The molecular weight excluding hydrogens is 346 g/mol. The van der Waals surface area contributed by atoms with Crippen molar-refractivity contribution in [3.8, 4) is 16.8 Å². The highest BCUT2D eigenvalue weighted by Gasteiger charge is 2.15. The lowest BCUT2D eigenvalue weighted by molar-refractivity contribution is 0.0930. The number of hydrogen-bond acceptors (Lipinski definition) is 2. The quantitative estimate of drug-likeness (QED) is 0.601. The molecule has 0 aliphatic carbocycles. The second-order valence-corrected chi connectivity index (χ2v) is 7.86. The van der Waals surface area contributed by atoms with Crippen LogP contribution in [0.15, 0.2) is 61.1 Å². The lowest BCUT2D eigenvalue weighted by atomic mass is 10.0. The van der Waals surface area contributed by atoms with E-state index in [0.717, 1.165) is 24.1 Å². The number of benzene rings is 2. The molecule has 0 fully saturated rings. The van der Waals surface area contributed by atoms with E-state index >= 15 is 0 Å². The molecule has 1 aromatic heterocycles. The minimum Gasteiger partial charge on any atom is -0.348 e. The maximum Gasteiger partial charge on any atom is 0.270 e. The molecule has 0 saturated carbocycles. The summed E-state index contributed by atoms with van der Waals surface area (Å²) in [5.41, 5.74) is 5.11. The second kappa shape index (κ2) is 8.87. The van der Waals surface area contributed by atoms with Crippen molar-refractivity contribution in [1.29, 1.82) is 0 Å². The fourth-order valence-electron chi connectivity index (χ4n) is 3.32. The number of aromatic nitrogens is 2. The summed E-state index contributed by atoms with van der Waals surface area (Å²) in [6.45, 7) is 8.56. The van der Waals surface area contributed by atoms with Gasteiger partial charge in [-0.1, -0.05) is 50.2 Å². The molecule has 1 amide bonds. The molecule has 0 bridgehead atoms. The van der Waals surface area contributed by atoms with Crippen molar-refractivity contribution < 1.29 is 4.79 Å². The monoisotopic (exact) mass is 375 g/mol. The van der Waals surface area contributed by atoms with E-state index in [0.29, 0.717) is 11.6 Å². The number of rotatable bonds is 7. The van der Waals surface area contributed by atoms with Crippen LogP contribution in [0, 0.1) is 12.8 Å². The molecule has 0 saturated heterocycles. The Kier molecular flexibility index (Phi) is 6.30. The highest BCUT2D eigenvalue weighted by molar-refractivity contribution is 5.93. The third kappa shape index (κ3) is 4.69. The van der Waals surface area contributed by atoms with Gasteiger partial charge in [0.1, 0.15) is 5.69 Å². The van der Waals surface area contributed by atoms with E-state index in [1.54, 1.807) is 12.5 Å². The van der Waals surface area contributed by atoms with Crippen LogP contribution in [0.2, 0.25) is 0 Å². The summed E-state index contributed by atoms with van der Waals surface area (Å²) in [7, 11) is 0. The van der Waals surface area contributed by atoms with Crippen molar-refractivity contribution in [2.24, 2.45) is 5.92 Å². The van der Waals surface area contributed by atoms with E-state index < -0.39 is 0 Å². The van der Waals surface area contributed by atoms with Crippen molar-refractivity contribution in [3.63, 3.8) is 0 Å². The van der Waals surface area contributed by atoms with Gasteiger partial charge in [0.05, 0.1) is 12.5 Å². The summed E-state index contributed by atoms with van der Waals surface area (Å²) in [6.07, 6.45) is 5.39. The minimum atomic E-state index is -0.0864. The Balaban J connectivity index is 1.76. The number of carbonyl (C=O) groups excluding carboxylic acids is 1. The molecule has 4 heteroatoms. The smallest absolute Gasteiger partial charge is 0.270 e. The number of imidazole rings is 1. The van der Waals surface area contributed by atoms with E-state index in [9.17, 15) is 4.79 Å². The highest BCUT2D eigenvalue weighted by atomic mass is 16.2. The van der Waals surface area contributed by atoms with E-state index in [2.05, 4.69) is 68.3 Å². The first-order valence-electron chi connectivity index (χ1n) is 9.95. The maximum atomic E-state index is 12.7. The Morgan fingerprint density at radius 3 is 2.43 bits per heavy atom. The molecule has 0 radical (unpaired) electrons. The highest BCUT2D eigenvalue weighted by Crippen LogP contribution is 2.24. The maximum absolute atomic E-state index is 12.7. The first-order valence-corrected chi connectivity index (χ1v) is 9.95. The molecule has 0 aliphatic rings. The minimum absolute atomic E-state index is 0.0864. The average molecular weight is 376 g/mol. The van der Waals surface area contributed by atoms with Gasteiger partial charge >= 0.3 is 0 Å². The van der Waals surface area contributed by atoms with E-state index in [-0.39, 0.29) is 11.9 Å². The molecule has 4 nitrogen and oxygen atoms in total. The first kappa shape index (κ1) is 19.9. The number of amides is 1. The number of hydrogen-bond donors (Lipinski definition) is 1. The van der Waals surface area contributed by atoms with Crippen LogP contribution >= 0.6 is 0 Å². The Labute approximate surface area is 167 Å². The van der Waals surface area contributed by atoms with E-state index in [1.807, 2.05) is 22.8 Å². The van der Waals surface area contributed by atoms with Crippen LogP contribution in [-0.4, -0.2) is 21.5 Å². The lowest BCUT2D eigenvalue weighted by Crippen LogP contribution is -2.33. The first-order chi connectivity index (χ1) is 13.5. The van der Waals surface area contributed by atoms with Crippen molar-refractivity contribution in [2.75, 3.05) is 0 Å². The zero-order valence-corrected chi connectivity index (χ0v) is 17.1. The van der Waals surface area contributed by atoms with Crippen molar-refractivity contribution in [3.05, 3.63) is 72.3 Å². The van der Waals surface area contributed by atoms with E-state index in [1.165, 1.54) is 11.1 Å². The Hall–Kier alpha value is -2.88. The van der Waals surface area contributed by atoms with Crippen molar-refractivity contribution >= 4 is 5.91 Å². The summed E-state index contributed by atoms with van der Waals surface area (Å²) < 4.78 is 1.84. The number of nitrogens with zero attached hydrogens (tertiary/aromatic N) is 2. The third-order valence-corrected chi connectivity index (χ3v) is 5.03. The molecule has 3 aromatic rings. The predicted molar refractivity (Wildman–Crippen MR) is 115 cm³/mol. The summed E-state index contributed by atoms with van der Waals surface area (Å²) >= 11 is 0. The zero-order valence-electron chi connectivity index (χ0n) is 17.1. The molecule has 3 rings (SSSR count). The standard InChI is InChI=1S/C24H29N3O/c1-17(2)9-10-19(4)26-24(28)23-15-25-16-27(23)21-13-11-20(12-14-21)22-8-6-5-7-18(22)3/h5-8,11-17,19H,9-10H2,1-4H3,(H,26,28)/t19-/m0/s1. The molecule has 0 aliphatic heterocycles.